The van der Waals surface area contributed by atoms with Crippen LogP contribution in [0.3, 0.4) is 0 Å². The number of hydrogen-bond acceptors (Lipinski definition) is 5. The highest BCUT2D eigenvalue weighted by Crippen LogP contribution is 2.60. The molecule has 0 aliphatic heterocycles. The van der Waals surface area contributed by atoms with Crippen LogP contribution in [0.2, 0.25) is 0 Å². The summed E-state index contributed by atoms with van der Waals surface area (Å²) in [5.74, 6) is 1.28. The Morgan fingerprint density at radius 3 is 2.89 bits per heavy atom. The second kappa shape index (κ2) is 4.78. The monoisotopic (exact) mass is 278 g/mol. The van der Waals surface area contributed by atoms with Gasteiger partial charge in [0.2, 0.25) is 0 Å². The van der Waals surface area contributed by atoms with Crippen LogP contribution in [0, 0.1) is 11.8 Å². The molecule has 2 aliphatic rings. The normalized spacial score (nSPS) is 31.9. The lowest BCUT2D eigenvalue weighted by molar-refractivity contribution is -0.150. The van der Waals surface area contributed by atoms with Crippen molar-refractivity contribution < 1.29 is 9.53 Å². The van der Waals surface area contributed by atoms with Crippen molar-refractivity contribution in [2.45, 2.75) is 36.8 Å². The minimum Gasteiger partial charge on any atom is -0.465 e. The van der Waals surface area contributed by atoms with E-state index in [9.17, 15) is 4.79 Å². The Kier molecular flexibility index (Phi) is 3.25. The summed E-state index contributed by atoms with van der Waals surface area (Å²) in [6.07, 6.45) is 6.74. The minimum absolute atomic E-state index is 0.104. The molecule has 0 aromatic carbocycles. The molecule has 5 heteroatoms. The average molecular weight is 278 g/mol. The predicted octanol–water partition coefficient (Wildman–Crippen LogP) is 2.43. The molecule has 2 unspecified atom stereocenters. The van der Waals surface area contributed by atoms with Crippen LogP contribution in [-0.2, 0) is 14.9 Å². The Bertz CT molecular complexity index is 496. The molecular formula is C14H18N2O2S. The molecule has 102 valence electrons. The number of esters is 1. The van der Waals surface area contributed by atoms with E-state index in [1.54, 1.807) is 6.20 Å². The Morgan fingerprint density at radius 1 is 1.53 bits per heavy atom. The zero-order chi connectivity index (χ0) is 13.5. The Morgan fingerprint density at radius 2 is 2.26 bits per heavy atom. The highest BCUT2D eigenvalue weighted by Gasteiger charge is 2.59. The summed E-state index contributed by atoms with van der Waals surface area (Å²) in [6.45, 7) is 2.28. The first-order valence-electron chi connectivity index (χ1n) is 6.74. The molecule has 0 amide bonds. The lowest BCUT2D eigenvalue weighted by Gasteiger charge is -2.27. The number of hydrogen-bond donors (Lipinski definition) is 0. The molecule has 19 heavy (non-hydrogen) atoms. The third-order valence-corrected chi connectivity index (χ3v) is 4.82. The van der Waals surface area contributed by atoms with Crippen molar-refractivity contribution in [3.8, 4) is 0 Å². The number of rotatable bonds is 4. The first-order valence-corrected chi connectivity index (χ1v) is 7.97. The van der Waals surface area contributed by atoms with Gasteiger partial charge in [0.15, 0.2) is 5.16 Å². The third-order valence-electron chi connectivity index (χ3n) is 4.26. The summed E-state index contributed by atoms with van der Waals surface area (Å²) < 4.78 is 5.32. The van der Waals surface area contributed by atoms with Crippen molar-refractivity contribution in [1.29, 1.82) is 0 Å². The van der Waals surface area contributed by atoms with Crippen molar-refractivity contribution in [1.82, 2.24) is 9.97 Å². The van der Waals surface area contributed by atoms with E-state index in [2.05, 4.69) is 9.97 Å². The first-order chi connectivity index (χ1) is 9.19. The van der Waals surface area contributed by atoms with Crippen LogP contribution in [0.1, 0.15) is 31.9 Å². The van der Waals surface area contributed by atoms with Gasteiger partial charge in [0, 0.05) is 6.20 Å². The van der Waals surface area contributed by atoms with Gasteiger partial charge in [0.25, 0.3) is 0 Å². The molecule has 3 rings (SSSR count). The second-order valence-electron chi connectivity index (χ2n) is 5.40. The van der Waals surface area contributed by atoms with Crippen LogP contribution >= 0.6 is 11.8 Å². The van der Waals surface area contributed by atoms with Crippen molar-refractivity contribution in [2.75, 3.05) is 12.9 Å². The van der Waals surface area contributed by atoms with Gasteiger partial charge in [-0.3, -0.25) is 4.79 Å². The Hall–Kier alpha value is -1.10. The lowest BCUT2D eigenvalue weighted by atomic mass is 9.79. The standard InChI is InChI=1S/C14H18N2O2S/c1-3-18-12(17)14(7-9-6-10(9)8-14)11-4-5-15-13(16-11)19-2/h4-5,9-10H,3,6-8H2,1-2H3. The number of carbonyl (C=O) groups is 1. The van der Waals surface area contributed by atoms with Gasteiger partial charge in [0.05, 0.1) is 12.3 Å². The van der Waals surface area contributed by atoms with Crippen LogP contribution < -0.4 is 0 Å². The fourth-order valence-electron chi connectivity index (χ4n) is 3.24. The van der Waals surface area contributed by atoms with Crippen molar-refractivity contribution in [3.05, 3.63) is 18.0 Å². The minimum atomic E-state index is -0.517. The molecule has 4 nitrogen and oxygen atoms in total. The van der Waals surface area contributed by atoms with Crippen molar-refractivity contribution in [3.63, 3.8) is 0 Å². The highest BCUT2D eigenvalue weighted by atomic mass is 32.2. The molecule has 0 spiro atoms. The summed E-state index contributed by atoms with van der Waals surface area (Å²) in [5.41, 5.74) is 0.328. The van der Waals surface area contributed by atoms with Gasteiger partial charge in [0.1, 0.15) is 5.41 Å². The average Bonchev–Trinajstić information content (AvgIpc) is 3.06. The van der Waals surface area contributed by atoms with E-state index in [4.69, 9.17) is 4.74 Å². The number of nitrogens with zero attached hydrogens (tertiary/aromatic N) is 2. The number of thioether (sulfide) groups is 1. The highest BCUT2D eigenvalue weighted by molar-refractivity contribution is 7.98. The SMILES string of the molecule is CCOC(=O)C1(c2ccnc(SC)n2)CC2CC2C1. The summed E-state index contributed by atoms with van der Waals surface area (Å²) >= 11 is 1.50. The molecule has 2 fully saturated rings. The Balaban J connectivity index is 1.96. The van der Waals surface area contributed by atoms with Crippen LogP contribution in [-0.4, -0.2) is 28.8 Å². The smallest absolute Gasteiger partial charge is 0.318 e. The number of carbonyl (C=O) groups excluding carboxylic acids is 1. The first kappa shape index (κ1) is 12.9. The van der Waals surface area contributed by atoms with Crippen LogP contribution in [0.4, 0.5) is 0 Å². The van der Waals surface area contributed by atoms with Crippen LogP contribution in [0.25, 0.3) is 0 Å². The second-order valence-corrected chi connectivity index (χ2v) is 6.17. The molecular weight excluding hydrogens is 260 g/mol. The van der Waals surface area contributed by atoms with E-state index in [1.807, 2.05) is 19.2 Å². The molecule has 0 bridgehead atoms. The fraction of sp³-hybridized carbons (Fsp3) is 0.643. The molecule has 0 saturated heterocycles. The molecule has 2 saturated carbocycles. The zero-order valence-electron chi connectivity index (χ0n) is 11.3. The van der Waals surface area contributed by atoms with E-state index in [0.717, 1.165) is 23.7 Å². The zero-order valence-corrected chi connectivity index (χ0v) is 12.1. The van der Waals surface area contributed by atoms with Gasteiger partial charge in [-0.2, -0.15) is 0 Å². The number of aromatic nitrogens is 2. The summed E-state index contributed by atoms with van der Waals surface area (Å²) in [7, 11) is 0. The van der Waals surface area contributed by atoms with Crippen molar-refractivity contribution >= 4 is 17.7 Å². The van der Waals surface area contributed by atoms with E-state index in [1.165, 1.54) is 18.2 Å². The third kappa shape index (κ3) is 2.14. The van der Waals surface area contributed by atoms with E-state index in [-0.39, 0.29) is 5.97 Å². The molecule has 1 heterocycles. The van der Waals surface area contributed by atoms with E-state index >= 15 is 0 Å². The molecule has 0 radical (unpaired) electrons. The maximum atomic E-state index is 12.4. The maximum absolute atomic E-state index is 12.4. The molecule has 1 aromatic heterocycles. The molecule has 0 N–H and O–H groups in total. The lowest BCUT2D eigenvalue weighted by Crippen LogP contribution is -2.37. The fourth-order valence-corrected chi connectivity index (χ4v) is 3.60. The Labute approximate surface area is 117 Å². The molecule has 2 aliphatic carbocycles. The molecule has 1 aromatic rings. The number of fused-ring (bicyclic) bond motifs is 1. The summed E-state index contributed by atoms with van der Waals surface area (Å²) in [6, 6.07) is 1.88. The van der Waals surface area contributed by atoms with Gasteiger partial charge in [-0.25, -0.2) is 9.97 Å². The van der Waals surface area contributed by atoms with E-state index in [0.29, 0.717) is 18.4 Å². The van der Waals surface area contributed by atoms with Gasteiger partial charge >= 0.3 is 5.97 Å². The van der Waals surface area contributed by atoms with E-state index < -0.39 is 5.41 Å². The number of ether oxygens (including phenoxy) is 1. The quantitative estimate of drug-likeness (QED) is 0.481. The van der Waals surface area contributed by atoms with Gasteiger partial charge in [-0.15, -0.1) is 0 Å². The van der Waals surface area contributed by atoms with Crippen LogP contribution in [0.15, 0.2) is 17.4 Å². The van der Waals surface area contributed by atoms with Crippen LogP contribution in [0.5, 0.6) is 0 Å². The summed E-state index contributed by atoms with van der Waals surface area (Å²) in [4.78, 5) is 21.2. The maximum Gasteiger partial charge on any atom is 0.318 e. The van der Waals surface area contributed by atoms with Gasteiger partial charge in [-0.1, -0.05) is 11.8 Å². The molecule has 2 atom stereocenters. The predicted molar refractivity (Wildman–Crippen MR) is 73.0 cm³/mol. The summed E-state index contributed by atoms with van der Waals surface area (Å²) in [5, 5.41) is 0.724. The topological polar surface area (TPSA) is 52.1 Å². The van der Waals surface area contributed by atoms with Gasteiger partial charge < -0.3 is 4.74 Å². The largest absolute Gasteiger partial charge is 0.465 e. The van der Waals surface area contributed by atoms with Crippen molar-refractivity contribution in [2.24, 2.45) is 11.8 Å². The van der Waals surface area contributed by atoms with Gasteiger partial charge in [-0.05, 0) is 50.3 Å².